The number of hydrogen-bond donors (Lipinski definition) is 1. The fourth-order valence-corrected chi connectivity index (χ4v) is 2.80. The highest BCUT2D eigenvalue weighted by Crippen LogP contribution is 2.14. The molecule has 7 heteroatoms. The average Bonchev–Trinajstić information content (AvgIpc) is 2.63. The van der Waals surface area contributed by atoms with Crippen LogP contribution in [0.25, 0.3) is 0 Å². The number of carbonyl (C=O) groups is 2. The summed E-state index contributed by atoms with van der Waals surface area (Å²) in [5.41, 5.74) is 2.77. The fraction of sp³-hybridized carbons (Fsp3) is 0.333. The first kappa shape index (κ1) is 16.9. The van der Waals surface area contributed by atoms with E-state index in [4.69, 9.17) is 0 Å². The van der Waals surface area contributed by atoms with Gasteiger partial charge in [-0.15, -0.1) is 0 Å². The molecule has 3 rings (SSSR count). The van der Waals surface area contributed by atoms with Crippen LogP contribution in [0.1, 0.15) is 32.0 Å². The predicted molar refractivity (Wildman–Crippen MR) is 92.6 cm³/mol. The molecule has 2 amide bonds. The Morgan fingerprint density at radius 3 is 2.12 bits per heavy atom. The van der Waals surface area contributed by atoms with Gasteiger partial charge in [0.2, 0.25) is 0 Å². The number of aromatic nitrogens is 2. The molecule has 25 heavy (non-hydrogen) atoms. The molecule has 1 saturated heterocycles. The maximum absolute atomic E-state index is 12.6. The fourth-order valence-electron chi connectivity index (χ4n) is 2.80. The molecule has 0 bridgehead atoms. The van der Waals surface area contributed by atoms with Crippen LogP contribution in [0, 0.1) is 13.8 Å². The number of aromatic amines is 1. The average molecular weight is 340 g/mol. The van der Waals surface area contributed by atoms with Crippen molar-refractivity contribution in [3.63, 3.8) is 0 Å². The normalized spacial score (nSPS) is 14.5. The van der Waals surface area contributed by atoms with Crippen LogP contribution >= 0.6 is 0 Å². The van der Waals surface area contributed by atoms with E-state index in [-0.39, 0.29) is 23.1 Å². The summed E-state index contributed by atoms with van der Waals surface area (Å²) >= 11 is 0. The second kappa shape index (κ2) is 6.88. The lowest BCUT2D eigenvalue weighted by Gasteiger charge is -2.34. The van der Waals surface area contributed by atoms with E-state index in [9.17, 15) is 14.4 Å². The molecule has 130 valence electrons. The van der Waals surface area contributed by atoms with Crippen molar-refractivity contribution >= 4 is 11.8 Å². The van der Waals surface area contributed by atoms with E-state index in [1.54, 1.807) is 9.80 Å². The summed E-state index contributed by atoms with van der Waals surface area (Å²) in [5, 5.41) is 6.02. The number of aryl methyl sites for hydroxylation is 2. The summed E-state index contributed by atoms with van der Waals surface area (Å²) in [4.78, 5) is 39.4. The SMILES string of the molecule is Cc1ccc(C(=O)N2CCN(C(=O)c3ccc(=O)[nH]n3)CC2)cc1C. The molecule has 0 unspecified atom stereocenters. The van der Waals surface area contributed by atoms with Gasteiger partial charge in [0.25, 0.3) is 17.4 Å². The van der Waals surface area contributed by atoms with Crippen LogP contribution in [0.5, 0.6) is 0 Å². The van der Waals surface area contributed by atoms with Crippen LogP contribution in [-0.4, -0.2) is 58.0 Å². The van der Waals surface area contributed by atoms with Crippen molar-refractivity contribution in [3.05, 3.63) is 63.1 Å². The predicted octanol–water partition coefficient (Wildman–Crippen LogP) is 0.985. The first-order valence-electron chi connectivity index (χ1n) is 8.17. The van der Waals surface area contributed by atoms with Crippen LogP contribution in [0.2, 0.25) is 0 Å². The van der Waals surface area contributed by atoms with Gasteiger partial charge in [-0.3, -0.25) is 14.4 Å². The van der Waals surface area contributed by atoms with Crippen LogP contribution < -0.4 is 5.56 Å². The molecule has 0 aliphatic carbocycles. The minimum absolute atomic E-state index is 0.0163. The van der Waals surface area contributed by atoms with Gasteiger partial charge in [0.15, 0.2) is 0 Å². The van der Waals surface area contributed by atoms with Gasteiger partial charge in [-0.25, -0.2) is 5.10 Å². The third-order valence-corrected chi connectivity index (χ3v) is 4.51. The molecule has 1 aromatic heterocycles. The third-order valence-electron chi connectivity index (χ3n) is 4.51. The van der Waals surface area contributed by atoms with E-state index in [0.29, 0.717) is 31.7 Å². The molecule has 1 N–H and O–H groups in total. The van der Waals surface area contributed by atoms with Gasteiger partial charge < -0.3 is 9.80 Å². The maximum Gasteiger partial charge on any atom is 0.274 e. The van der Waals surface area contributed by atoms with Crippen molar-refractivity contribution in [2.24, 2.45) is 0 Å². The molecular weight excluding hydrogens is 320 g/mol. The highest BCUT2D eigenvalue weighted by atomic mass is 16.2. The van der Waals surface area contributed by atoms with E-state index in [1.165, 1.54) is 12.1 Å². The quantitative estimate of drug-likeness (QED) is 0.883. The van der Waals surface area contributed by atoms with Gasteiger partial charge in [-0.2, -0.15) is 5.10 Å². The summed E-state index contributed by atoms with van der Waals surface area (Å²) in [6.45, 7) is 5.83. The highest BCUT2D eigenvalue weighted by molar-refractivity contribution is 5.95. The van der Waals surface area contributed by atoms with Gasteiger partial charge in [0, 0.05) is 37.8 Å². The topological polar surface area (TPSA) is 86.4 Å². The molecule has 1 fully saturated rings. The Morgan fingerprint density at radius 2 is 1.56 bits per heavy atom. The maximum atomic E-state index is 12.6. The van der Waals surface area contributed by atoms with Gasteiger partial charge >= 0.3 is 0 Å². The van der Waals surface area contributed by atoms with Crippen LogP contribution in [0.15, 0.2) is 35.1 Å². The Labute approximate surface area is 145 Å². The number of piperazine rings is 1. The minimum atomic E-state index is -0.347. The molecule has 1 aliphatic heterocycles. The second-order valence-corrected chi connectivity index (χ2v) is 6.19. The summed E-state index contributed by atoms with van der Waals surface area (Å²) < 4.78 is 0. The first-order valence-corrected chi connectivity index (χ1v) is 8.17. The molecule has 0 saturated carbocycles. The smallest absolute Gasteiger partial charge is 0.274 e. The van der Waals surface area contributed by atoms with Crippen molar-refractivity contribution in [1.29, 1.82) is 0 Å². The molecule has 2 aromatic rings. The number of nitrogens with zero attached hydrogens (tertiary/aromatic N) is 3. The standard InChI is InChI=1S/C18H20N4O3/c1-12-3-4-14(11-13(12)2)17(24)21-7-9-22(10-8-21)18(25)15-5-6-16(23)20-19-15/h3-6,11H,7-10H2,1-2H3,(H,20,23). The van der Waals surface area contributed by atoms with Gasteiger partial charge in [0.05, 0.1) is 0 Å². The Bertz CT molecular complexity index is 846. The van der Waals surface area contributed by atoms with E-state index in [0.717, 1.165) is 11.1 Å². The first-order chi connectivity index (χ1) is 12.0. The van der Waals surface area contributed by atoms with E-state index in [2.05, 4.69) is 10.2 Å². The summed E-state index contributed by atoms with van der Waals surface area (Å²) in [6.07, 6.45) is 0. The Kier molecular flexibility index (Phi) is 4.65. The van der Waals surface area contributed by atoms with Gasteiger partial charge in [-0.05, 0) is 43.2 Å². The van der Waals surface area contributed by atoms with Crippen LogP contribution in [0.4, 0.5) is 0 Å². The molecule has 0 spiro atoms. The molecule has 1 aliphatic rings. The van der Waals surface area contributed by atoms with E-state index < -0.39 is 0 Å². The minimum Gasteiger partial charge on any atom is -0.335 e. The van der Waals surface area contributed by atoms with E-state index in [1.807, 2.05) is 32.0 Å². The molecule has 0 atom stereocenters. The summed E-state index contributed by atoms with van der Waals surface area (Å²) in [6, 6.07) is 8.38. The van der Waals surface area contributed by atoms with E-state index >= 15 is 0 Å². The zero-order chi connectivity index (χ0) is 18.0. The molecule has 2 heterocycles. The lowest BCUT2D eigenvalue weighted by molar-refractivity contribution is 0.0531. The second-order valence-electron chi connectivity index (χ2n) is 6.19. The van der Waals surface area contributed by atoms with Gasteiger partial charge in [0.1, 0.15) is 5.69 Å². The number of hydrogen-bond acceptors (Lipinski definition) is 4. The Balaban J connectivity index is 1.64. The number of nitrogens with one attached hydrogen (secondary N) is 1. The van der Waals surface area contributed by atoms with Crippen molar-refractivity contribution < 1.29 is 9.59 Å². The third kappa shape index (κ3) is 3.60. The lowest BCUT2D eigenvalue weighted by Crippen LogP contribution is -2.50. The zero-order valence-electron chi connectivity index (χ0n) is 14.3. The lowest BCUT2D eigenvalue weighted by atomic mass is 10.1. The largest absolute Gasteiger partial charge is 0.335 e. The molecule has 1 aromatic carbocycles. The Hall–Kier alpha value is -2.96. The molecule has 0 radical (unpaired) electrons. The number of rotatable bonds is 2. The summed E-state index contributed by atoms with van der Waals surface area (Å²) in [7, 11) is 0. The molecule has 7 nitrogen and oxygen atoms in total. The van der Waals surface area contributed by atoms with Crippen LogP contribution in [0.3, 0.4) is 0 Å². The zero-order valence-corrected chi connectivity index (χ0v) is 14.3. The molecular formula is C18H20N4O3. The monoisotopic (exact) mass is 340 g/mol. The number of H-pyrrole nitrogens is 1. The van der Waals surface area contributed by atoms with Crippen molar-refractivity contribution in [2.75, 3.05) is 26.2 Å². The van der Waals surface area contributed by atoms with Crippen molar-refractivity contribution in [2.45, 2.75) is 13.8 Å². The van der Waals surface area contributed by atoms with Crippen LogP contribution in [-0.2, 0) is 0 Å². The van der Waals surface area contributed by atoms with Crippen molar-refractivity contribution in [3.8, 4) is 0 Å². The number of carbonyl (C=O) groups excluding carboxylic acids is 2. The van der Waals surface area contributed by atoms with Crippen molar-refractivity contribution in [1.82, 2.24) is 20.0 Å². The highest BCUT2D eigenvalue weighted by Gasteiger charge is 2.26. The Morgan fingerprint density at radius 1 is 0.920 bits per heavy atom. The number of amides is 2. The number of benzene rings is 1. The summed E-state index contributed by atoms with van der Waals surface area (Å²) in [5.74, 6) is -0.258. The van der Waals surface area contributed by atoms with Gasteiger partial charge in [-0.1, -0.05) is 6.07 Å².